The van der Waals surface area contributed by atoms with Gasteiger partial charge in [0, 0.05) is 24.8 Å². The smallest absolute Gasteiger partial charge is 0.251 e. The molecule has 1 saturated carbocycles. The van der Waals surface area contributed by atoms with E-state index in [1.165, 1.54) is 19.3 Å². The number of aromatic nitrogens is 1. The van der Waals surface area contributed by atoms with Gasteiger partial charge in [0.05, 0.1) is 0 Å². The number of hydrogen-bond donors (Lipinski definition) is 2. The molecule has 0 radical (unpaired) electrons. The van der Waals surface area contributed by atoms with Gasteiger partial charge in [-0.25, -0.2) is 4.98 Å². The van der Waals surface area contributed by atoms with Gasteiger partial charge in [-0.3, -0.25) is 4.79 Å². The first-order valence-electron chi connectivity index (χ1n) is 7.27. The highest BCUT2D eigenvalue weighted by atomic mass is 16.1. The maximum atomic E-state index is 12.0. The molecular weight excluding hydrogens is 238 g/mol. The lowest BCUT2D eigenvalue weighted by molar-refractivity contribution is 0.0949. The Balaban J connectivity index is 1.79. The molecule has 4 heteroatoms. The van der Waals surface area contributed by atoms with E-state index < -0.39 is 0 Å². The monoisotopic (exact) mass is 261 g/mol. The maximum Gasteiger partial charge on any atom is 0.251 e. The maximum absolute atomic E-state index is 12.0. The Morgan fingerprint density at radius 3 is 2.95 bits per heavy atom. The highest BCUT2D eigenvalue weighted by Crippen LogP contribution is 2.28. The summed E-state index contributed by atoms with van der Waals surface area (Å²) in [6.07, 6.45) is 7.85. The quantitative estimate of drug-likeness (QED) is 0.793. The topological polar surface area (TPSA) is 54.0 Å². The number of carbonyl (C=O) groups excluding carboxylic acids is 1. The fourth-order valence-corrected chi connectivity index (χ4v) is 2.19. The van der Waals surface area contributed by atoms with Crippen molar-refractivity contribution in [3.8, 4) is 0 Å². The van der Waals surface area contributed by atoms with Crippen LogP contribution < -0.4 is 10.6 Å². The Morgan fingerprint density at radius 1 is 1.42 bits per heavy atom. The SMILES string of the molecule is CCCNc1cc(C(=O)NCCC2CCC2)ccn1. The number of amides is 1. The van der Waals surface area contributed by atoms with Crippen molar-refractivity contribution < 1.29 is 4.79 Å². The molecule has 1 aliphatic carbocycles. The third-order valence-corrected chi connectivity index (χ3v) is 3.64. The summed E-state index contributed by atoms with van der Waals surface area (Å²) >= 11 is 0. The summed E-state index contributed by atoms with van der Waals surface area (Å²) in [6, 6.07) is 3.57. The molecule has 19 heavy (non-hydrogen) atoms. The van der Waals surface area contributed by atoms with Crippen molar-refractivity contribution in [3.05, 3.63) is 23.9 Å². The molecule has 0 saturated heterocycles. The summed E-state index contributed by atoms with van der Waals surface area (Å²) in [5.41, 5.74) is 0.683. The van der Waals surface area contributed by atoms with Crippen molar-refractivity contribution in [1.29, 1.82) is 0 Å². The molecule has 104 valence electrons. The number of nitrogens with one attached hydrogen (secondary N) is 2. The lowest BCUT2D eigenvalue weighted by Crippen LogP contribution is -2.27. The first-order valence-corrected chi connectivity index (χ1v) is 7.27. The van der Waals surface area contributed by atoms with E-state index in [0.717, 1.165) is 37.7 Å². The van der Waals surface area contributed by atoms with Gasteiger partial charge < -0.3 is 10.6 Å². The lowest BCUT2D eigenvalue weighted by atomic mass is 9.83. The zero-order chi connectivity index (χ0) is 13.5. The minimum absolute atomic E-state index is 0.00118. The Labute approximate surface area is 115 Å². The van der Waals surface area contributed by atoms with Crippen LogP contribution in [0.25, 0.3) is 0 Å². The second-order valence-corrected chi connectivity index (χ2v) is 5.20. The molecule has 1 aliphatic rings. The van der Waals surface area contributed by atoms with Gasteiger partial charge in [-0.1, -0.05) is 26.2 Å². The van der Waals surface area contributed by atoms with Crippen LogP contribution in [0.4, 0.5) is 5.82 Å². The van der Waals surface area contributed by atoms with Crippen LogP contribution in [0.3, 0.4) is 0 Å². The molecule has 1 amide bonds. The molecule has 1 aromatic rings. The third-order valence-electron chi connectivity index (χ3n) is 3.64. The summed E-state index contributed by atoms with van der Waals surface area (Å²) in [5.74, 6) is 1.61. The van der Waals surface area contributed by atoms with Crippen LogP contribution in [-0.4, -0.2) is 24.0 Å². The molecule has 0 atom stereocenters. The second kappa shape index (κ2) is 7.12. The molecule has 1 aromatic heterocycles. The van der Waals surface area contributed by atoms with E-state index in [1.54, 1.807) is 12.3 Å². The number of rotatable bonds is 7. The van der Waals surface area contributed by atoms with Crippen LogP contribution in [0, 0.1) is 5.92 Å². The van der Waals surface area contributed by atoms with Crippen LogP contribution in [0.1, 0.15) is 49.4 Å². The number of anilines is 1. The highest BCUT2D eigenvalue weighted by molar-refractivity contribution is 5.94. The van der Waals surface area contributed by atoms with Crippen molar-refractivity contribution in [2.24, 2.45) is 5.92 Å². The highest BCUT2D eigenvalue weighted by Gasteiger charge is 2.17. The third kappa shape index (κ3) is 4.23. The van der Waals surface area contributed by atoms with Crippen LogP contribution in [0.2, 0.25) is 0 Å². The normalized spacial score (nSPS) is 14.8. The fourth-order valence-electron chi connectivity index (χ4n) is 2.19. The van der Waals surface area contributed by atoms with Crippen molar-refractivity contribution in [2.45, 2.75) is 39.0 Å². The van der Waals surface area contributed by atoms with Gasteiger partial charge in [-0.15, -0.1) is 0 Å². The first-order chi connectivity index (χ1) is 9.29. The van der Waals surface area contributed by atoms with E-state index in [4.69, 9.17) is 0 Å². The summed E-state index contributed by atoms with van der Waals surface area (Å²) in [5, 5.41) is 6.18. The van der Waals surface area contributed by atoms with Crippen LogP contribution in [0.5, 0.6) is 0 Å². The van der Waals surface area contributed by atoms with E-state index in [9.17, 15) is 4.79 Å². The van der Waals surface area contributed by atoms with E-state index in [-0.39, 0.29) is 5.91 Å². The Morgan fingerprint density at radius 2 is 2.26 bits per heavy atom. The largest absolute Gasteiger partial charge is 0.370 e. The zero-order valence-corrected chi connectivity index (χ0v) is 11.6. The zero-order valence-electron chi connectivity index (χ0n) is 11.6. The van der Waals surface area contributed by atoms with Crippen LogP contribution in [0.15, 0.2) is 18.3 Å². The Kier molecular flexibility index (Phi) is 5.19. The van der Waals surface area contributed by atoms with Crippen molar-refractivity contribution in [3.63, 3.8) is 0 Å². The summed E-state index contributed by atoms with van der Waals surface area (Å²) < 4.78 is 0. The summed E-state index contributed by atoms with van der Waals surface area (Å²) in [4.78, 5) is 16.2. The molecule has 0 aliphatic heterocycles. The average Bonchev–Trinajstić information content (AvgIpc) is 2.39. The average molecular weight is 261 g/mol. The molecule has 1 fully saturated rings. The summed E-state index contributed by atoms with van der Waals surface area (Å²) in [6.45, 7) is 3.76. The van der Waals surface area contributed by atoms with E-state index in [2.05, 4.69) is 22.5 Å². The predicted octanol–water partition coefficient (Wildman–Crippen LogP) is 2.82. The molecule has 0 unspecified atom stereocenters. The minimum Gasteiger partial charge on any atom is -0.370 e. The van der Waals surface area contributed by atoms with Gasteiger partial charge in [-0.05, 0) is 30.9 Å². The number of nitrogens with zero attached hydrogens (tertiary/aromatic N) is 1. The molecule has 2 N–H and O–H groups in total. The summed E-state index contributed by atoms with van der Waals surface area (Å²) in [7, 11) is 0. The standard InChI is InChI=1S/C15H23N3O/c1-2-8-16-14-11-13(7-10-17-14)15(19)18-9-6-12-4-3-5-12/h7,10-12H,2-6,8-9H2,1H3,(H,16,17)(H,18,19). The molecule has 0 spiro atoms. The Hall–Kier alpha value is -1.58. The van der Waals surface area contributed by atoms with Crippen molar-refractivity contribution in [2.75, 3.05) is 18.4 Å². The lowest BCUT2D eigenvalue weighted by Gasteiger charge is -2.25. The van der Waals surface area contributed by atoms with Crippen molar-refractivity contribution >= 4 is 11.7 Å². The van der Waals surface area contributed by atoms with Gasteiger partial charge in [0.2, 0.25) is 0 Å². The predicted molar refractivity (Wildman–Crippen MR) is 77.3 cm³/mol. The fraction of sp³-hybridized carbons (Fsp3) is 0.600. The molecule has 1 heterocycles. The minimum atomic E-state index is 0.00118. The van der Waals surface area contributed by atoms with Gasteiger partial charge in [-0.2, -0.15) is 0 Å². The van der Waals surface area contributed by atoms with Gasteiger partial charge in [0.1, 0.15) is 5.82 Å². The van der Waals surface area contributed by atoms with E-state index >= 15 is 0 Å². The molecular formula is C15H23N3O. The first kappa shape index (κ1) is 13.8. The van der Waals surface area contributed by atoms with Gasteiger partial charge >= 0.3 is 0 Å². The van der Waals surface area contributed by atoms with Crippen molar-refractivity contribution in [1.82, 2.24) is 10.3 Å². The molecule has 0 bridgehead atoms. The Bertz CT molecular complexity index is 416. The van der Waals surface area contributed by atoms with Crippen LogP contribution >= 0.6 is 0 Å². The second-order valence-electron chi connectivity index (χ2n) is 5.20. The number of carbonyl (C=O) groups is 1. The van der Waals surface area contributed by atoms with E-state index in [0.29, 0.717) is 5.56 Å². The number of pyridine rings is 1. The van der Waals surface area contributed by atoms with Gasteiger partial charge in [0.15, 0.2) is 0 Å². The number of hydrogen-bond acceptors (Lipinski definition) is 3. The van der Waals surface area contributed by atoms with Crippen LogP contribution in [-0.2, 0) is 0 Å². The van der Waals surface area contributed by atoms with Gasteiger partial charge in [0.25, 0.3) is 5.91 Å². The molecule has 0 aromatic carbocycles. The molecule has 2 rings (SSSR count). The molecule has 4 nitrogen and oxygen atoms in total. The van der Waals surface area contributed by atoms with E-state index in [1.807, 2.05) is 6.07 Å².